The van der Waals surface area contributed by atoms with Crippen molar-refractivity contribution in [3.63, 3.8) is 0 Å². The van der Waals surface area contributed by atoms with E-state index in [0.717, 1.165) is 19.3 Å². The van der Waals surface area contributed by atoms with Crippen molar-refractivity contribution < 1.29 is 4.79 Å². The van der Waals surface area contributed by atoms with Gasteiger partial charge in [0.1, 0.15) is 0 Å². The maximum Gasteiger partial charge on any atom is 0.196 e. The monoisotopic (exact) mass is 271 g/mol. The summed E-state index contributed by atoms with van der Waals surface area (Å²) in [5.74, 6) is -0.0993. The summed E-state index contributed by atoms with van der Waals surface area (Å²) in [7, 11) is 0. The van der Waals surface area contributed by atoms with Crippen molar-refractivity contribution in [2.24, 2.45) is 0 Å². The normalized spacial score (nSPS) is 13.3. The molecule has 3 rings (SSSR count). The third-order valence-corrected chi connectivity index (χ3v) is 3.96. The average molecular weight is 272 g/mol. The lowest BCUT2D eigenvalue weighted by Gasteiger charge is -2.09. The number of carbonyl (C=O) groups is 1. The first-order chi connectivity index (χ1) is 9.16. The Hall–Kier alpha value is -1.80. The van der Waals surface area contributed by atoms with Crippen LogP contribution in [0.3, 0.4) is 0 Å². The van der Waals surface area contributed by atoms with Crippen LogP contribution in [0.2, 0.25) is 5.02 Å². The molecule has 0 bridgehead atoms. The number of anilines is 1. The predicted molar refractivity (Wildman–Crippen MR) is 77.8 cm³/mol. The topological polar surface area (TPSA) is 43.1 Å². The summed E-state index contributed by atoms with van der Waals surface area (Å²) in [6.07, 6.45) is 3.22. The molecular formula is C16H14ClNO. The van der Waals surface area contributed by atoms with Gasteiger partial charge in [-0.1, -0.05) is 23.7 Å². The molecule has 19 heavy (non-hydrogen) atoms. The molecule has 2 nitrogen and oxygen atoms in total. The van der Waals surface area contributed by atoms with Crippen LogP contribution in [0.15, 0.2) is 36.4 Å². The molecule has 0 unspecified atom stereocenters. The molecular weight excluding hydrogens is 258 g/mol. The molecule has 0 spiro atoms. The van der Waals surface area contributed by atoms with E-state index in [2.05, 4.69) is 0 Å². The molecule has 0 aliphatic heterocycles. The van der Waals surface area contributed by atoms with Gasteiger partial charge in [0.05, 0.1) is 5.02 Å². The number of nitrogen functional groups attached to an aromatic ring is 1. The molecule has 0 fully saturated rings. The van der Waals surface area contributed by atoms with Gasteiger partial charge in [-0.2, -0.15) is 0 Å². The van der Waals surface area contributed by atoms with Crippen molar-refractivity contribution in [2.45, 2.75) is 19.3 Å². The van der Waals surface area contributed by atoms with Crippen molar-refractivity contribution in [1.29, 1.82) is 0 Å². The summed E-state index contributed by atoms with van der Waals surface area (Å²) in [5, 5.41) is 0.465. The minimum absolute atomic E-state index is 0.0993. The molecule has 0 heterocycles. The number of halogens is 1. The maximum absolute atomic E-state index is 12.5. The van der Waals surface area contributed by atoms with Crippen molar-refractivity contribution >= 4 is 23.1 Å². The van der Waals surface area contributed by atoms with E-state index in [9.17, 15) is 4.79 Å². The van der Waals surface area contributed by atoms with Crippen LogP contribution < -0.4 is 5.73 Å². The molecule has 0 saturated carbocycles. The molecule has 2 N–H and O–H groups in total. The van der Waals surface area contributed by atoms with Crippen molar-refractivity contribution in [3.8, 4) is 0 Å². The fourth-order valence-electron chi connectivity index (χ4n) is 2.63. The second-order valence-electron chi connectivity index (χ2n) is 4.87. The SMILES string of the molecule is Nc1cc2c(cc1C(=O)c1ccccc1Cl)CCC2. The average Bonchev–Trinajstić information content (AvgIpc) is 2.84. The summed E-state index contributed by atoms with van der Waals surface area (Å²) >= 11 is 6.08. The molecule has 2 aromatic rings. The minimum Gasteiger partial charge on any atom is -0.398 e. The summed E-state index contributed by atoms with van der Waals surface area (Å²) in [5.41, 5.74) is 10.1. The van der Waals surface area contributed by atoms with E-state index in [4.69, 9.17) is 17.3 Å². The number of hydrogen-bond donors (Lipinski definition) is 1. The Morgan fingerprint density at radius 1 is 1.05 bits per heavy atom. The van der Waals surface area contributed by atoms with Gasteiger partial charge in [-0.3, -0.25) is 4.79 Å². The van der Waals surface area contributed by atoms with E-state index in [-0.39, 0.29) is 5.78 Å². The fraction of sp³-hybridized carbons (Fsp3) is 0.188. The lowest BCUT2D eigenvalue weighted by Crippen LogP contribution is -2.07. The van der Waals surface area contributed by atoms with Crippen molar-refractivity contribution in [1.82, 2.24) is 0 Å². The van der Waals surface area contributed by atoms with Gasteiger partial charge in [-0.05, 0) is 54.7 Å². The van der Waals surface area contributed by atoms with Gasteiger partial charge < -0.3 is 5.73 Å². The largest absolute Gasteiger partial charge is 0.398 e. The quantitative estimate of drug-likeness (QED) is 0.669. The highest BCUT2D eigenvalue weighted by Gasteiger charge is 2.19. The molecule has 3 heteroatoms. The first kappa shape index (κ1) is 12.2. The van der Waals surface area contributed by atoms with Gasteiger partial charge >= 0.3 is 0 Å². The Kier molecular flexibility index (Phi) is 3.03. The smallest absolute Gasteiger partial charge is 0.196 e. The summed E-state index contributed by atoms with van der Waals surface area (Å²) < 4.78 is 0. The number of aryl methyl sites for hydroxylation is 2. The third kappa shape index (κ3) is 2.13. The maximum atomic E-state index is 12.5. The Morgan fingerprint density at radius 3 is 2.47 bits per heavy atom. The fourth-order valence-corrected chi connectivity index (χ4v) is 2.85. The zero-order valence-electron chi connectivity index (χ0n) is 10.4. The Balaban J connectivity index is 2.08. The van der Waals surface area contributed by atoms with E-state index >= 15 is 0 Å². The summed E-state index contributed by atoms with van der Waals surface area (Å²) in [6, 6.07) is 10.9. The standard InChI is InChI=1S/C16H14ClNO/c17-14-7-2-1-6-12(14)16(19)13-8-10-4-3-5-11(10)9-15(13)18/h1-2,6-9H,3-5,18H2. The van der Waals surface area contributed by atoms with Crippen molar-refractivity contribution in [3.05, 3.63) is 63.7 Å². The number of carbonyl (C=O) groups excluding carboxylic acids is 1. The van der Waals surface area contributed by atoms with E-state index in [1.807, 2.05) is 24.3 Å². The van der Waals surface area contributed by atoms with Crippen LogP contribution in [-0.2, 0) is 12.8 Å². The third-order valence-electron chi connectivity index (χ3n) is 3.63. The van der Waals surface area contributed by atoms with Crippen LogP contribution in [0.5, 0.6) is 0 Å². The van der Waals surface area contributed by atoms with Gasteiger partial charge in [-0.25, -0.2) is 0 Å². The van der Waals surface area contributed by atoms with Gasteiger partial charge in [0, 0.05) is 16.8 Å². The highest BCUT2D eigenvalue weighted by Crippen LogP contribution is 2.29. The lowest BCUT2D eigenvalue weighted by atomic mass is 9.97. The molecule has 2 aromatic carbocycles. The van der Waals surface area contributed by atoms with Gasteiger partial charge in [0.2, 0.25) is 0 Å². The summed E-state index contributed by atoms with van der Waals surface area (Å²) in [4.78, 5) is 12.5. The number of nitrogens with two attached hydrogens (primary N) is 1. The number of rotatable bonds is 2. The van der Waals surface area contributed by atoms with Crippen LogP contribution in [0.25, 0.3) is 0 Å². The Labute approximate surface area is 117 Å². The lowest BCUT2D eigenvalue weighted by molar-refractivity contribution is 0.103. The molecule has 96 valence electrons. The second-order valence-corrected chi connectivity index (χ2v) is 5.28. The second kappa shape index (κ2) is 4.71. The molecule has 0 atom stereocenters. The van der Waals surface area contributed by atoms with Crippen LogP contribution in [0.4, 0.5) is 5.69 Å². The number of fused-ring (bicyclic) bond motifs is 1. The minimum atomic E-state index is -0.0993. The summed E-state index contributed by atoms with van der Waals surface area (Å²) in [6.45, 7) is 0. The van der Waals surface area contributed by atoms with Crippen LogP contribution in [-0.4, -0.2) is 5.78 Å². The predicted octanol–water partition coefficient (Wildman–Crippen LogP) is 3.64. The molecule has 0 saturated heterocycles. The molecule has 1 aliphatic carbocycles. The Bertz CT molecular complexity index is 664. The first-order valence-electron chi connectivity index (χ1n) is 6.37. The van der Waals surface area contributed by atoms with Gasteiger partial charge in [0.25, 0.3) is 0 Å². The van der Waals surface area contributed by atoms with Gasteiger partial charge in [0.15, 0.2) is 5.78 Å². The first-order valence-corrected chi connectivity index (χ1v) is 6.75. The molecule has 0 radical (unpaired) electrons. The van der Waals surface area contributed by atoms with Crippen LogP contribution in [0, 0.1) is 0 Å². The molecule has 1 aliphatic rings. The van der Waals surface area contributed by atoms with Crippen molar-refractivity contribution in [2.75, 3.05) is 5.73 Å². The zero-order valence-corrected chi connectivity index (χ0v) is 11.2. The zero-order chi connectivity index (χ0) is 13.4. The van der Waals surface area contributed by atoms with Crippen LogP contribution >= 0.6 is 11.6 Å². The van der Waals surface area contributed by atoms with E-state index < -0.39 is 0 Å². The number of ketones is 1. The molecule has 0 amide bonds. The number of benzene rings is 2. The van der Waals surface area contributed by atoms with E-state index in [1.165, 1.54) is 11.1 Å². The van der Waals surface area contributed by atoms with E-state index in [0.29, 0.717) is 21.8 Å². The highest BCUT2D eigenvalue weighted by atomic mass is 35.5. The number of hydrogen-bond acceptors (Lipinski definition) is 2. The van der Waals surface area contributed by atoms with Crippen LogP contribution in [0.1, 0.15) is 33.5 Å². The molecule has 0 aromatic heterocycles. The Morgan fingerprint density at radius 2 is 1.74 bits per heavy atom. The van der Waals surface area contributed by atoms with Gasteiger partial charge in [-0.15, -0.1) is 0 Å². The highest BCUT2D eigenvalue weighted by molar-refractivity contribution is 6.35. The van der Waals surface area contributed by atoms with E-state index in [1.54, 1.807) is 12.1 Å².